The number of piperazine rings is 1. The van der Waals surface area contributed by atoms with Crippen molar-refractivity contribution in [1.82, 2.24) is 15.2 Å². The van der Waals surface area contributed by atoms with Crippen molar-refractivity contribution in [3.05, 3.63) is 46.2 Å². The van der Waals surface area contributed by atoms with Gasteiger partial charge in [0.2, 0.25) is 5.88 Å². The molecule has 9 heteroatoms. The van der Waals surface area contributed by atoms with Gasteiger partial charge in [0, 0.05) is 52.6 Å². The maximum atomic E-state index is 17.0. The van der Waals surface area contributed by atoms with E-state index in [1.54, 1.807) is 18.2 Å². The number of phenolic OH excluding ortho intramolecular Hbond substituents is 1. The molecular weight excluding hydrogens is 553 g/mol. The molecule has 218 valence electrons. The van der Waals surface area contributed by atoms with Crippen LogP contribution >= 0.6 is 11.6 Å². The number of benzene rings is 2. The van der Waals surface area contributed by atoms with Gasteiger partial charge >= 0.3 is 0 Å². The van der Waals surface area contributed by atoms with E-state index in [9.17, 15) is 10.4 Å². The van der Waals surface area contributed by atoms with Gasteiger partial charge in [0.1, 0.15) is 24.0 Å². The first-order valence-corrected chi connectivity index (χ1v) is 15.8. The lowest BCUT2D eigenvalue weighted by Crippen LogP contribution is -2.51. The lowest BCUT2D eigenvalue weighted by Gasteiger charge is -2.35. The third-order valence-corrected chi connectivity index (χ3v) is 10.6. The minimum absolute atomic E-state index is 0.0385. The molecule has 2 bridgehead atoms. The number of halogens is 2. The number of hydrogen-bond acceptors (Lipinski definition) is 7. The average molecular weight is 588 g/mol. The minimum Gasteiger partial charge on any atom is -0.508 e. The highest BCUT2D eigenvalue weighted by atomic mass is 35.5. The fraction of sp³-hybridized carbons (Fsp3) is 0.515. The second-order valence-electron chi connectivity index (χ2n) is 13.0. The fourth-order valence-electron chi connectivity index (χ4n) is 8.21. The summed E-state index contributed by atoms with van der Waals surface area (Å²) in [5.41, 5.74) is 1.73. The fourth-order valence-corrected chi connectivity index (χ4v) is 8.58. The Kier molecular flexibility index (Phi) is 6.29. The zero-order valence-corrected chi connectivity index (χ0v) is 24.4. The molecule has 1 aromatic heterocycles. The number of rotatable bonds is 6. The minimum atomic E-state index is -0.499. The van der Waals surface area contributed by atoms with Gasteiger partial charge in [-0.05, 0) is 99.7 Å². The van der Waals surface area contributed by atoms with Crippen LogP contribution in [0.5, 0.6) is 11.6 Å². The van der Waals surface area contributed by atoms with Crippen LogP contribution in [0.25, 0.3) is 21.9 Å². The molecule has 0 spiro atoms. The molecule has 1 saturated carbocycles. The second-order valence-corrected chi connectivity index (χ2v) is 13.4. The molecule has 4 saturated heterocycles. The van der Waals surface area contributed by atoms with Gasteiger partial charge in [-0.3, -0.25) is 4.90 Å². The van der Waals surface area contributed by atoms with Crippen molar-refractivity contribution in [3.63, 3.8) is 0 Å². The molecule has 0 radical (unpaired) electrons. The van der Waals surface area contributed by atoms with Crippen LogP contribution < -0.4 is 15.0 Å². The maximum absolute atomic E-state index is 17.0. The van der Waals surface area contributed by atoms with E-state index < -0.39 is 5.82 Å². The monoisotopic (exact) mass is 587 g/mol. The van der Waals surface area contributed by atoms with Gasteiger partial charge in [-0.2, -0.15) is 10.2 Å². The molecule has 8 rings (SSSR count). The van der Waals surface area contributed by atoms with Crippen LogP contribution in [0.2, 0.25) is 5.02 Å². The second kappa shape index (κ2) is 9.97. The Morgan fingerprint density at radius 1 is 1.07 bits per heavy atom. The molecule has 5 heterocycles. The van der Waals surface area contributed by atoms with E-state index in [2.05, 4.69) is 21.2 Å². The number of aromatic nitrogens is 1. The predicted molar refractivity (Wildman–Crippen MR) is 161 cm³/mol. The van der Waals surface area contributed by atoms with Gasteiger partial charge in [0.25, 0.3) is 0 Å². The molecule has 2 aromatic carbocycles. The van der Waals surface area contributed by atoms with Gasteiger partial charge in [0.05, 0.1) is 17.2 Å². The lowest BCUT2D eigenvalue weighted by atomic mass is 9.90. The lowest BCUT2D eigenvalue weighted by molar-refractivity contribution is 0.111. The van der Waals surface area contributed by atoms with Gasteiger partial charge in [-0.15, -0.1) is 0 Å². The van der Waals surface area contributed by atoms with Gasteiger partial charge in [-0.1, -0.05) is 11.6 Å². The summed E-state index contributed by atoms with van der Waals surface area (Å²) in [7, 11) is 0. The number of nitriles is 1. The molecule has 3 aromatic rings. The first-order valence-electron chi connectivity index (χ1n) is 15.4. The average Bonchev–Trinajstić information content (AvgIpc) is 3.47. The molecule has 7 nitrogen and oxygen atoms in total. The predicted octanol–water partition coefficient (Wildman–Crippen LogP) is 6.10. The molecule has 2 N–H and O–H groups in total. The molecule has 2 atom stereocenters. The van der Waals surface area contributed by atoms with Crippen LogP contribution in [0.3, 0.4) is 0 Å². The zero-order valence-electron chi connectivity index (χ0n) is 23.6. The normalized spacial score (nSPS) is 24.7. The quantitative estimate of drug-likeness (QED) is 0.361. The van der Waals surface area contributed by atoms with E-state index in [0.717, 1.165) is 70.3 Å². The van der Waals surface area contributed by atoms with Crippen molar-refractivity contribution in [2.75, 3.05) is 37.7 Å². The van der Waals surface area contributed by atoms with E-state index in [1.807, 2.05) is 0 Å². The van der Waals surface area contributed by atoms with E-state index in [-0.39, 0.29) is 28.3 Å². The van der Waals surface area contributed by atoms with E-state index in [0.29, 0.717) is 51.7 Å². The summed E-state index contributed by atoms with van der Waals surface area (Å²) in [4.78, 5) is 9.80. The highest BCUT2D eigenvalue weighted by Gasteiger charge is 2.45. The molecule has 5 fully saturated rings. The van der Waals surface area contributed by atoms with Crippen LogP contribution in [-0.4, -0.2) is 65.4 Å². The molecular formula is C33H35ClFN5O2. The topological polar surface area (TPSA) is 84.7 Å². The van der Waals surface area contributed by atoms with E-state index in [1.165, 1.54) is 18.9 Å². The highest BCUT2D eigenvalue weighted by molar-refractivity contribution is 6.32. The Labute approximate surface area is 250 Å². The van der Waals surface area contributed by atoms with Crippen molar-refractivity contribution in [3.8, 4) is 28.8 Å². The summed E-state index contributed by atoms with van der Waals surface area (Å²) in [6.45, 7) is 4.30. The summed E-state index contributed by atoms with van der Waals surface area (Å²) < 4.78 is 23.5. The van der Waals surface area contributed by atoms with Crippen molar-refractivity contribution < 1.29 is 14.2 Å². The number of hydrogen-bond donors (Lipinski definition) is 2. The number of fused-ring (bicyclic) bond motifs is 4. The Bertz CT molecular complexity index is 1610. The molecule has 1 aliphatic carbocycles. The van der Waals surface area contributed by atoms with Crippen LogP contribution in [0.1, 0.15) is 68.4 Å². The number of phenols is 1. The zero-order chi connectivity index (χ0) is 28.6. The Morgan fingerprint density at radius 3 is 2.50 bits per heavy atom. The van der Waals surface area contributed by atoms with Crippen molar-refractivity contribution >= 4 is 28.2 Å². The van der Waals surface area contributed by atoms with Crippen molar-refractivity contribution in [2.24, 2.45) is 0 Å². The largest absolute Gasteiger partial charge is 0.508 e. The van der Waals surface area contributed by atoms with Gasteiger partial charge in [-0.25, -0.2) is 4.39 Å². The number of nitrogens with zero attached hydrogens (tertiary/aromatic N) is 4. The summed E-state index contributed by atoms with van der Waals surface area (Å²) in [5, 5.41) is 25.8. The van der Waals surface area contributed by atoms with Gasteiger partial charge in [0.15, 0.2) is 0 Å². The summed E-state index contributed by atoms with van der Waals surface area (Å²) in [6, 6.07) is 9.52. The standard InChI is InChI=1S/C33H35ClFN5O2/c34-27-13-23(41)12-26(29(27)19-3-4-19)30-20(15-36)11-25-24(31(30)35)14-28(42-18-33-7-1-9-40(33)10-2-8-33)38-32(25)39-16-21-5-6-22(17-39)37-21/h11-14,19,21-22,37,41H,1-10,16-18H2. The van der Waals surface area contributed by atoms with Crippen LogP contribution in [0.4, 0.5) is 10.2 Å². The first-order chi connectivity index (χ1) is 20.4. The molecule has 42 heavy (non-hydrogen) atoms. The van der Waals surface area contributed by atoms with Crippen molar-refractivity contribution in [1.29, 1.82) is 5.26 Å². The molecule has 4 aliphatic heterocycles. The Hall–Kier alpha value is -3.12. The third-order valence-electron chi connectivity index (χ3n) is 10.3. The number of anilines is 1. The van der Waals surface area contributed by atoms with Crippen LogP contribution in [0, 0.1) is 17.1 Å². The van der Waals surface area contributed by atoms with Gasteiger partial charge < -0.3 is 20.1 Å². The number of nitrogens with one attached hydrogen (secondary N) is 1. The van der Waals surface area contributed by atoms with Crippen LogP contribution in [0.15, 0.2) is 24.3 Å². The number of ether oxygens (including phenoxy) is 1. The highest BCUT2D eigenvalue weighted by Crippen LogP contribution is 2.51. The summed E-state index contributed by atoms with van der Waals surface area (Å²) in [5.74, 6) is 0.739. The Balaban J connectivity index is 1.29. The first kappa shape index (κ1) is 26.5. The van der Waals surface area contributed by atoms with Crippen molar-refractivity contribution in [2.45, 2.75) is 74.9 Å². The Morgan fingerprint density at radius 2 is 1.81 bits per heavy atom. The van der Waals surface area contributed by atoms with E-state index >= 15 is 4.39 Å². The molecule has 5 aliphatic rings. The summed E-state index contributed by atoms with van der Waals surface area (Å²) in [6.07, 6.45) is 8.69. The maximum Gasteiger partial charge on any atom is 0.215 e. The third kappa shape index (κ3) is 4.32. The SMILES string of the molecule is N#Cc1cc2c(N3CC4CCC(C3)N4)nc(OCC34CCCN3CCC4)cc2c(F)c1-c1cc(O)cc(Cl)c1C1CC1. The van der Waals surface area contributed by atoms with Crippen LogP contribution in [-0.2, 0) is 0 Å². The smallest absolute Gasteiger partial charge is 0.215 e. The number of pyridine rings is 1. The summed E-state index contributed by atoms with van der Waals surface area (Å²) >= 11 is 6.61. The molecule has 2 unspecified atom stereocenters. The molecule has 0 amide bonds. The van der Waals surface area contributed by atoms with E-state index in [4.69, 9.17) is 21.3 Å². The number of aromatic hydroxyl groups is 1.